The molecule has 1 aromatic rings. The molecule has 0 radical (unpaired) electrons. The van der Waals surface area contributed by atoms with Crippen LogP contribution in [0.3, 0.4) is 0 Å². The monoisotopic (exact) mass is 267 g/mol. The molecule has 19 heavy (non-hydrogen) atoms. The van der Waals surface area contributed by atoms with E-state index in [1.165, 1.54) is 5.56 Å². The van der Waals surface area contributed by atoms with Crippen LogP contribution in [0.2, 0.25) is 0 Å². The zero-order valence-electron chi connectivity index (χ0n) is 11.8. The molecule has 0 aliphatic rings. The van der Waals surface area contributed by atoms with Gasteiger partial charge in [-0.05, 0) is 30.5 Å². The fourth-order valence-electron chi connectivity index (χ4n) is 1.66. The maximum absolute atomic E-state index is 9.71. The Balaban J connectivity index is 2.29. The second kappa shape index (κ2) is 8.91. The van der Waals surface area contributed by atoms with Crippen molar-refractivity contribution >= 4 is 0 Å². The third kappa shape index (κ3) is 7.15. The Bertz CT molecular complexity index is 338. The Labute approximate surface area is 115 Å². The highest BCUT2D eigenvalue weighted by Gasteiger charge is 2.05. The van der Waals surface area contributed by atoms with Gasteiger partial charge in [0, 0.05) is 19.2 Å². The number of aryl methyl sites for hydroxylation is 1. The molecule has 0 saturated carbocycles. The number of benzene rings is 1. The number of rotatable bonds is 9. The Morgan fingerprint density at radius 1 is 1.21 bits per heavy atom. The van der Waals surface area contributed by atoms with Gasteiger partial charge in [0.1, 0.15) is 18.5 Å². The van der Waals surface area contributed by atoms with E-state index in [0.717, 1.165) is 18.6 Å². The van der Waals surface area contributed by atoms with Crippen LogP contribution < -0.4 is 10.1 Å². The minimum atomic E-state index is -0.503. The van der Waals surface area contributed by atoms with Gasteiger partial charge < -0.3 is 20.3 Å². The first-order valence-electron chi connectivity index (χ1n) is 6.86. The van der Waals surface area contributed by atoms with E-state index in [1.807, 2.05) is 38.1 Å². The molecule has 0 saturated heterocycles. The number of ether oxygens (including phenoxy) is 1. The molecule has 4 heteroatoms. The predicted molar refractivity (Wildman–Crippen MR) is 76.5 cm³/mol. The normalized spacial score (nSPS) is 12.7. The van der Waals surface area contributed by atoms with Gasteiger partial charge in [0.15, 0.2) is 0 Å². The molecule has 0 fully saturated rings. The summed E-state index contributed by atoms with van der Waals surface area (Å²) in [4.78, 5) is 0. The molecule has 4 nitrogen and oxygen atoms in total. The van der Waals surface area contributed by atoms with Crippen molar-refractivity contribution in [2.75, 3.05) is 19.8 Å². The van der Waals surface area contributed by atoms with Crippen molar-refractivity contribution in [1.82, 2.24) is 5.32 Å². The average Bonchev–Trinajstić information content (AvgIpc) is 2.41. The Kier molecular flexibility index (Phi) is 7.48. The second-order valence-corrected chi connectivity index (χ2v) is 5.00. The maximum Gasteiger partial charge on any atom is 0.119 e. The van der Waals surface area contributed by atoms with E-state index in [2.05, 4.69) is 5.32 Å². The van der Waals surface area contributed by atoms with E-state index >= 15 is 0 Å². The number of hydrogen-bond donors (Lipinski definition) is 3. The molecular formula is C15H25NO3. The Hall–Kier alpha value is -1.10. The summed E-state index contributed by atoms with van der Waals surface area (Å²) in [6, 6.07) is 8.14. The van der Waals surface area contributed by atoms with Gasteiger partial charge in [-0.25, -0.2) is 0 Å². The topological polar surface area (TPSA) is 61.7 Å². The maximum atomic E-state index is 9.71. The van der Waals surface area contributed by atoms with Gasteiger partial charge in [0.2, 0.25) is 0 Å². The first-order valence-corrected chi connectivity index (χ1v) is 6.86. The predicted octanol–water partition coefficient (Wildman–Crippen LogP) is 1.35. The highest BCUT2D eigenvalue weighted by Crippen LogP contribution is 2.13. The SMILES string of the molecule is CC(C)NCC(O)COc1ccc(CCCO)cc1. The smallest absolute Gasteiger partial charge is 0.119 e. The van der Waals surface area contributed by atoms with Gasteiger partial charge in [0.25, 0.3) is 0 Å². The van der Waals surface area contributed by atoms with E-state index in [0.29, 0.717) is 12.6 Å². The zero-order valence-corrected chi connectivity index (χ0v) is 11.8. The third-order valence-corrected chi connectivity index (χ3v) is 2.75. The minimum Gasteiger partial charge on any atom is -0.491 e. The number of nitrogens with one attached hydrogen (secondary N) is 1. The quantitative estimate of drug-likeness (QED) is 0.632. The van der Waals surface area contributed by atoms with Gasteiger partial charge in [-0.1, -0.05) is 26.0 Å². The van der Waals surface area contributed by atoms with Crippen LogP contribution in [-0.4, -0.2) is 42.1 Å². The first kappa shape index (κ1) is 16.0. The molecular weight excluding hydrogens is 242 g/mol. The summed E-state index contributed by atoms with van der Waals surface area (Å²) in [7, 11) is 0. The van der Waals surface area contributed by atoms with E-state index in [1.54, 1.807) is 0 Å². The lowest BCUT2D eigenvalue weighted by Crippen LogP contribution is -2.35. The van der Waals surface area contributed by atoms with Gasteiger partial charge in [-0.2, -0.15) is 0 Å². The summed E-state index contributed by atoms with van der Waals surface area (Å²) in [5.41, 5.74) is 1.18. The van der Waals surface area contributed by atoms with Crippen molar-refractivity contribution < 1.29 is 14.9 Å². The van der Waals surface area contributed by atoms with Crippen molar-refractivity contribution in [2.24, 2.45) is 0 Å². The third-order valence-electron chi connectivity index (χ3n) is 2.75. The van der Waals surface area contributed by atoms with Crippen molar-refractivity contribution in [3.63, 3.8) is 0 Å². The van der Waals surface area contributed by atoms with Crippen LogP contribution in [0.1, 0.15) is 25.8 Å². The first-order chi connectivity index (χ1) is 9.11. The molecule has 0 bridgehead atoms. The summed E-state index contributed by atoms with van der Waals surface area (Å²) in [5, 5.41) is 21.6. The van der Waals surface area contributed by atoms with E-state index < -0.39 is 6.10 Å². The molecule has 0 amide bonds. The summed E-state index contributed by atoms with van der Waals surface area (Å²) >= 11 is 0. The Morgan fingerprint density at radius 2 is 1.89 bits per heavy atom. The molecule has 1 aromatic carbocycles. The van der Waals surface area contributed by atoms with Crippen LogP contribution in [-0.2, 0) is 6.42 Å². The molecule has 1 atom stereocenters. The number of hydrogen-bond acceptors (Lipinski definition) is 4. The molecule has 1 rings (SSSR count). The molecule has 0 aromatic heterocycles. The lowest BCUT2D eigenvalue weighted by atomic mass is 10.1. The molecule has 0 spiro atoms. The van der Waals surface area contributed by atoms with Crippen LogP contribution in [0.5, 0.6) is 5.75 Å². The lowest BCUT2D eigenvalue weighted by Gasteiger charge is -2.15. The fourth-order valence-corrected chi connectivity index (χ4v) is 1.66. The standard InChI is InChI=1S/C15H25NO3/c1-12(2)16-10-14(18)11-19-15-7-5-13(6-8-15)4-3-9-17/h5-8,12,14,16-18H,3-4,9-11H2,1-2H3. The summed E-state index contributed by atoms with van der Waals surface area (Å²) < 4.78 is 5.52. The van der Waals surface area contributed by atoms with Crippen molar-refractivity contribution in [1.29, 1.82) is 0 Å². The molecule has 1 unspecified atom stereocenters. The van der Waals surface area contributed by atoms with Gasteiger partial charge in [-0.15, -0.1) is 0 Å². The number of aliphatic hydroxyl groups excluding tert-OH is 2. The summed E-state index contributed by atoms with van der Waals surface area (Å²) in [6.45, 7) is 5.12. The van der Waals surface area contributed by atoms with Gasteiger partial charge in [0.05, 0.1) is 0 Å². The molecule has 3 N–H and O–H groups in total. The van der Waals surface area contributed by atoms with Crippen molar-refractivity contribution in [2.45, 2.75) is 38.8 Å². The van der Waals surface area contributed by atoms with Gasteiger partial charge >= 0.3 is 0 Å². The molecule has 0 aliphatic heterocycles. The largest absolute Gasteiger partial charge is 0.491 e. The Morgan fingerprint density at radius 3 is 2.47 bits per heavy atom. The lowest BCUT2D eigenvalue weighted by molar-refractivity contribution is 0.104. The van der Waals surface area contributed by atoms with Crippen LogP contribution in [0.4, 0.5) is 0 Å². The van der Waals surface area contributed by atoms with E-state index in [-0.39, 0.29) is 13.2 Å². The fraction of sp³-hybridized carbons (Fsp3) is 0.600. The van der Waals surface area contributed by atoms with Crippen molar-refractivity contribution in [3.05, 3.63) is 29.8 Å². The minimum absolute atomic E-state index is 0.216. The highest BCUT2D eigenvalue weighted by atomic mass is 16.5. The van der Waals surface area contributed by atoms with E-state index in [9.17, 15) is 5.11 Å². The second-order valence-electron chi connectivity index (χ2n) is 5.00. The summed E-state index contributed by atoms with van der Waals surface area (Å²) in [5.74, 6) is 0.761. The molecule has 108 valence electrons. The van der Waals surface area contributed by atoms with Crippen molar-refractivity contribution in [3.8, 4) is 5.75 Å². The van der Waals surface area contributed by atoms with Crippen LogP contribution in [0, 0.1) is 0 Å². The highest BCUT2D eigenvalue weighted by molar-refractivity contribution is 5.27. The average molecular weight is 267 g/mol. The van der Waals surface area contributed by atoms with Crippen LogP contribution in [0.15, 0.2) is 24.3 Å². The summed E-state index contributed by atoms with van der Waals surface area (Å²) in [6.07, 6.45) is 1.15. The zero-order chi connectivity index (χ0) is 14.1. The molecule has 0 aliphatic carbocycles. The van der Waals surface area contributed by atoms with Crippen LogP contribution >= 0.6 is 0 Å². The van der Waals surface area contributed by atoms with Crippen LogP contribution in [0.25, 0.3) is 0 Å². The van der Waals surface area contributed by atoms with Gasteiger partial charge in [-0.3, -0.25) is 0 Å². The van der Waals surface area contributed by atoms with E-state index in [4.69, 9.17) is 9.84 Å². The molecule has 0 heterocycles. The number of aliphatic hydroxyl groups is 2.